The first-order chi connectivity index (χ1) is 9.24. The van der Waals surface area contributed by atoms with Gasteiger partial charge < -0.3 is 4.90 Å². The predicted octanol–water partition coefficient (Wildman–Crippen LogP) is -0.221. The standard InChI is InChI=1S/C13H19N5O/c1-17-6-8-18(9-7-17)11-13(19)16-15-10-12-4-2-3-5-14-12/h2-5,10H,6-9,11H2,1H3,(H,16,19). The van der Waals surface area contributed by atoms with Crippen LogP contribution >= 0.6 is 0 Å². The molecular weight excluding hydrogens is 242 g/mol. The molecule has 1 aliphatic rings. The molecule has 2 heterocycles. The number of aromatic nitrogens is 1. The maximum absolute atomic E-state index is 11.7. The molecular formula is C13H19N5O. The Bertz CT molecular complexity index is 426. The lowest BCUT2D eigenvalue weighted by Gasteiger charge is -2.31. The summed E-state index contributed by atoms with van der Waals surface area (Å²) in [5.41, 5.74) is 3.25. The first-order valence-electron chi connectivity index (χ1n) is 6.38. The van der Waals surface area contributed by atoms with Crippen molar-refractivity contribution < 1.29 is 4.79 Å². The number of pyridine rings is 1. The minimum atomic E-state index is -0.0864. The van der Waals surface area contributed by atoms with Gasteiger partial charge in [0.05, 0.1) is 18.5 Å². The number of likely N-dealkylation sites (N-methyl/N-ethyl adjacent to an activating group) is 1. The second kappa shape index (κ2) is 6.96. The van der Waals surface area contributed by atoms with Gasteiger partial charge in [-0.2, -0.15) is 5.10 Å². The Balaban J connectivity index is 1.71. The number of amides is 1. The lowest BCUT2D eigenvalue weighted by molar-refractivity contribution is -0.122. The molecule has 0 atom stereocenters. The van der Waals surface area contributed by atoms with E-state index in [1.165, 1.54) is 0 Å². The van der Waals surface area contributed by atoms with Crippen LogP contribution in [0.25, 0.3) is 0 Å². The van der Waals surface area contributed by atoms with Crippen molar-refractivity contribution in [2.45, 2.75) is 0 Å². The van der Waals surface area contributed by atoms with Crippen LogP contribution in [0, 0.1) is 0 Å². The van der Waals surface area contributed by atoms with Gasteiger partial charge >= 0.3 is 0 Å². The maximum atomic E-state index is 11.7. The fraction of sp³-hybridized carbons (Fsp3) is 0.462. The Morgan fingerprint density at radius 2 is 2.21 bits per heavy atom. The first kappa shape index (κ1) is 13.6. The molecule has 0 radical (unpaired) electrons. The number of hydrazone groups is 1. The molecule has 1 aliphatic heterocycles. The summed E-state index contributed by atoms with van der Waals surface area (Å²) >= 11 is 0. The molecule has 6 nitrogen and oxygen atoms in total. The molecule has 1 aromatic rings. The van der Waals surface area contributed by atoms with Crippen molar-refractivity contribution in [3.8, 4) is 0 Å². The number of nitrogens with zero attached hydrogens (tertiary/aromatic N) is 4. The third kappa shape index (κ3) is 4.76. The summed E-state index contributed by atoms with van der Waals surface area (Å²) in [5, 5.41) is 3.90. The van der Waals surface area contributed by atoms with Crippen LogP contribution in [0.1, 0.15) is 5.69 Å². The van der Waals surface area contributed by atoms with Crippen molar-refractivity contribution in [2.24, 2.45) is 5.10 Å². The van der Waals surface area contributed by atoms with Gasteiger partial charge in [-0.1, -0.05) is 6.07 Å². The molecule has 1 fully saturated rings. The van der Waals surface area contributed by atoms with E-state index >= 15 is 0 Å². The Morgan fingerprint density at radius 3 is 2.89 bits per heavy atom. The molecule has 19 heavy (non-hydrogen) atoms. The molecule has 1 aromatic heterocycles. The van der Waals surface area contributed by atoms with Gasteiger partial charge in [0.25, 0.3) is 5.91 Å². The fourth-order valence-corrected chi connectivity index (χ4v) is 1.87. The molecule has 1 saturated heterocycles. The summed E-state index contributed by atoms with van der Waals surface area (Å²) in [7, 11) is 2.09. The number of hydrogen-bond donors (Lipinski definition) is 1. The SMILES string of the molecule is CN1CCN(CC(=O)NN=Cc2ccccn2)CC1. The quantitative estimate of drug-likeness (QED) is 0.601. The minimum Gasteiger partial charge on any atom is -0.304 e. The lowest BCUT2D eigenvalue weighted by Crippen LogP contribution is -2.47. The summed E-state index contributed by atoms with van der Waals surface area (Å²) in [6.07, 6.45) is 3.23. The van der Waals surface area contributed by atoms with E-state index in [2.05, 4.69) is 32.4 Å². The average Bonchev–Trinajstić information content (AvgIpc) is 2.43. The van der Waals surface area contributed by atoms with Gasteiger partial charge in [-0.3, -0.25) is 14.7 Å². The second-order valence-corrected chi connectivity index (χ2v) is 4.63. The molecule has 0 bridgehead atoms. The highest BCUT2D eigenvalue weighted by Gasteiger charge is 2.15. The van der Waals surface area contributed by atoms with Gasteiger partial charge in [0, 0.05) is 32.4 Å². The van der Waals surface area contributed by atoms with Crippen molar-refractivity contribution in [3.63, 3.8) is 0 Å². The van der Waals surface area contributed by atoms with E-state index < -0.39 is 0 Å². The van der Waals surface area contributed by atoms with E-state index in [0.29, 0.717) is 6.54 Å². The number of hydrogen-bond acceptors (Lipinski definition) is 5. The van der Waals surface area contributed by atoms with Crippen LogP contribution in [0.15, 0.2) is 29.5 Å². The topological polar surface area (TPSA) is 60.8 Å². The van der Waals surface area contributed by atoms with Crippen LogP contribution in [-0.4, -0.2) is 66.7 Å². The summed E-state index contributed by atoms with van der Waals surface area (Å²) in [6, 6.07) is 5.54. The van der Waals surface area contributed by atoms with Crippen molar-refractivity contribution in [1.82, 2.24) is 20.2 Å². The van der Waals surface area contributed by atoms with Gasteiger partial charge in [-0.25, -0.2) is 5.43 Å². The molecule has 0 saturated carbocycles. The summed E-state index contributed by atoms with van der Waals surface area (Å²) < 4.78 is 0. The van der Waals surface area contributed by atoms with Crippen LogP contribution in [0.2, 0.25) is 0 Å². The monoisotopic (exact) mass is 261 g/mol. The Hall–Kier alpha value is -1.79. The summed E-state index contributed by atoms with van der Waals surface area (Å²) in [6.45, 7) is 4.25. The summed E-state index contributed by atoms with van der Waals surface area (Å²) in [5.74, 6) is -0.0864. The number of carbonyl (C=O) groups is 1. The zero-order chi connectivity index (χ0) is 13.5. The van der Waals surface area contributed by atoms with Gasteiger partial charge in [0.1, 0.15) is 0 Å². The zero-order valence-electron chi connectivity index (χ0n) is 11.1. The van der Waals surface area contributed by atoms with Crippen LogP contribution in [0.4, 0.5) is 0 Å². The van der Waals surface area contributed by atoms with Gasteiger partial charge in [0.2, 0.25) is 0 Å². The van der Waals surface area contributed by atoms with E-state index in [1.807, 2.05) is 18.2 Å². The zero-order valence-corrected chi connectivity index (χ0v) is 11.1. The lowest BCUT2D eigenvalue weighted by atomic mass is 10.3. The Labute approximate surface area is 113 Å². The van der Waals surface area contributed by atoms with Crippen LogP contribution in [-0.2, 0) is 4.79 Å². The molecule has 0 unspecified atom stereocenters. The Morgan fingerprint density at radius 1 is 1.42 bits per heavy atom. The van der Waals surface area contributed by atoms with Crippen molar-refractivity contribution in [1.29, 1.82) is 0 Å². The third-order valence-corrected chi connectivity index (χ3v) is 3.04. The highest BCUT2D eigenvalue weighted by molar-refractivity contribution is 5.81. The average molecular weight is 261 g/mol. The number of nitrogens with one attached hydrogen (secondary N) is 1. The van der Waals surface area contributed by atoms with Crippen molar-refractivity contribution >= 4 is 12.1 Å². The van der Waals surface area contributed by atoms with E-state index in [0.717, 1.165) is 31.9 Å². The van der Waals surface area contributed by atoms with E-state index in [4.69, 9.17) is 0 Å². The molecule has 1 N–H and O–H groups in total. The fourth-order valence-electron chi connectivity index (χ4n) is 1.87. The van der Waals surface area contributed by atoms with E-state index in [-0.39, 0.29) is 5.91 Å². The minimum absolute atomic E-state index is 0.0864. The molecule has 2 rings (SSSR count). The van der Waals surface area contributed by atoms with Crippen molar-refractivity contribution in [3.05, 3.63) is 30.1 Å². The van der Waals surface area contributed by atoms with Gasteiger partial charge in [-0.05, 0) is 19.2 Å². The molecule has 0 spiro atoms. The highest BCUT2D eigenvalue weighted by Crippen LogP contribution is 1.97. The number of rotatable bonds is 4. The van der Waals surface area contributed by atoms with Crippen LogP contribution < -0.4 is 5.43 Å². The molecule has 0 aliphatic carbocycles. The smallest absolute Gasteiger partial charge is 0.254 e. The second-order valence-electron chi connectivity index (χ2n) is 4.63. The highest BCUT2D eigenvalue weighted by atomic mass is 16.2. The van der Waals surface area contributed by atoms with E-state index in [1.54, 1.807) is 12.4 Å². The number of piperazine rings is 1. The molecule has 102 valence electrons. The van der Waals surface area contributed by atoms with Gasteiger partial charge in [0.15, 0.2) is 0 Å². The molecule has 0 aromatic carbocycles. The largest absolute Gasteiger partial charge is 0.304 e. The molecule has 6 heteroatoms. The summed E-state index contributed by atoms with van der Waals surface area (Å²) in [4.78, 5) is 20.2. The van der Waals surface area contributed by atoms with Gasteiger partial charge in [-0.15, -0.1) is 0 Å². The van der Waals surface area contributed by atoms with E-state index in [9.17, 15) is 4.79 Å². The van der Waals surface area contributed by atoms with Crippen LogP contribution in [0.5, 0.6) is 0 Å². The normalized spacial score (nSPS) is 17.7. The maximum Gasteiger partial charge on any atom is 0.254 e. The number of carbonyl (C=O) groups excluding carboxylic acids is 1. The first-order valence-corrected chi connectivity index (χ1v) is 6.38. The predicted molar refractivity (Wildman–Crippen MR) is 73.9 cm³/mol. The third-order valence-electron chi connectivity index (χ3n) is 3.04. The van der Waals surface area contributed by atoms with Crippen LogP contribution in [0.3, 0.4) is 0 Å². The molecule has 1 amide bonds. The van der Waals surface area contributed by atoms with Crippen molar-refractivity contribution in [2.75, 3.05) is 39.8 Å². The Kier molecular flexibility index (Phi) is 5.00.